The zero-order valence-electron chi connectivity index (χ0n) is 15.3. The van der Waals surface area contributed by atoms with Crippen LogP contribution in [0.2, 0.25) is 0 Å². The molecule has 0 aromatic heterocycles. The van der Waals surface area contributed by atoms with Crippen molar-refractivity contribution in [2.45, 2.75) is 17.7 Å². The molecule has 0 spiro atoms. The Morgan fingerprint density at radius 2 is 1.85 bits per heavy atom. The molecule has 0 unspecified atom stereocenters. The molecule has 1 aromatic rings. The highest BCUT2D eigenvalue weighted by atomic mass is 32.2. The Balaban J connectivity index is 1.40. The maximum absolute atomic E-state index is 13.0. The topological polar surface area (TPSA) is 91.0 Å². The summed E-state index contributed by atoms with van der Waals surface area (Å²) in [7, 11) is -3.58. The van der Waals surface area contributed by atoms with Gasteiger partial charge in [0.1, 0.15) is 5.75 Å². The molecule has 0 atom stereocenters. The molecule has 2 fully saturated rings. The van der Waals surface area contributed by atoms with Gasteiger partial charge in [-0.1, -0.05) is 0 Å². The summed E-state index contributed by atoms with van der Waals surface area (Å²) in [6.45, 7) is 5.67. The number of amides is 1. The highest BCUT2D eigenvalue weighted by molar-refractivity contribution is 7.89. The number of ether oxygens (including phenoxy) is 1. The molecule has 3 aliphatic rings. The average Bonchev–Trinajstić information content (AvgIpc) is 2.68. The second-order valence-corrected chi connectivity index (χ2v) is 9.33. The number of benzene rings is 1. The van der Waals surface area contributed by atoms with E-state index in [1.807, 2.05) is 0 Å². The zero-order chi connectivity index (χ0) is 18.9. The highest BCUT2D eigenvalue weighted by Crippen LogP contribution is 2.31. The van der Waals surface area contributed by atoms with Gasteiger partial charge in [-0.15, -0.1) is 0 Å². The van der Waals surface area contributed by atoms with E-state index < -0.39 is 10.0 Å². The number of sulfonamides is 1. The predicted octanol–water partition coefficient (Wildman–Crippen LogP) is 0.323. The molecular formula is C18H26N4O4S. The molecule has 3 heterocycles. The van der Waals surface area contributed by atoms with Crippen LogP contribution in [0.15, 0.2) is 23.1 Å². The quantitative estimate of drug-likeness (QED) is 0.765. The van der Waals surface area contributed by atoms with Gasteiger partial charge in [0.2, 0.25) is 10.0 Å². The summed E-state index contributed by atoms with van der Waals surface area (Å²) >= 11 is 0. The van der Waals surface area contributed by atoms with Crippen molar-refractivity contribution in [2.75, 3.05) is 57.7 Å². The molecule has 1 amide bonds. The minimum absolute atomic E-state index is 0.0435. The molecule has 3 aliphatic heterocycles. The summed E-state index contributed by atoms with van der Waals surface area (Å²) in [5.41, 5.74) is 0.414. The van der Waals surface area contributed by atoms with Crippen LogP contribution in [0.25, 0.3) is 0 Å². The third-order valence-electron chi connectivity index (χ3n) is 5.53. The number of hydrogen-bond acceptors (Lipinski definition) is 6. The first kappa shape index (κ1) is 18.7. The van der Waals surface area contributed by atoms with Gasteiger partial charge in [0, 0.05) is 32.7 Å². The summed E-state index contributed by atoms with van der Waals surface area (Å²) in [6, 6.07) is 4.64. The number of hydrogen-bond donors (Lipinski definition) is 2. The van der Waals surface area contributed by atoms with Gasteiger partial charge in [-0.3, -0.25) is 4.79 Å². The maximum Gasteiger partial charge on any atom is 0.262 e. The molecule has 148 valence electrons. The van der Waals surface area contributed by atoms with E-state index in [2.05, 4.69) is 15.5 Å². The predicted molar refractivity (Wildman–Crippen MR) is 101 cm³/mol. The first-order valence-corrected chi connectivity index (χ1v) is 11.0. The van der Waals surface area contributed by atoms with Crippen LogP contribution in [0, 0.1) is 5.92 Å². The summed E-state index contributed by atoms with van der Waals surface area (Å²) in [6.07, 6.45) is 2.39. The first-order valence-electron chi connectivity index (χ1n) is 9.52. The average molecular weight is 394 g/mol. The summed E-state index contributed by atoms with van der Waals surface area (Å²) in [4.78, 5) is 14.1. The smallest absolute Gasteiger partial charge is 0.262 e. The third-order valence-corrected chi connectivity index (χ3v) is 7.42. The van der Waals surface area contributed by atoms with Crippen LogP contribution in [-0.2, 0) is 14.8 Å². The number of rotatable bonds is 4. The molecule has 27 heavy (non-hydrogen) atoms. The number of fused-ring (bicyclic) bond motifs is 1. The van der Waals surface area contributed by atoms with Crippen molar-refractivity contribution in [2.24, 2.45) is 5.92 Å². The van der Waals surface area contributed by atoms with E-state index in [0.29, 0.717) is 30.4 Å². The van der Waals surface area contributed by atoms with Gasteiger partial charge in [0.25, 0.3) is 5.91 Å². The fourth-order valence-corrected chi connectivity index (χ4v) is 5.40. The number of piperazine rings is 1. The van der Waals surface area contributed by atoms with Crippen molar-refractivity contribution in [3.05, 3.63) is 18.2 Å². The Kier molecular flexibility index (Phi) is 5.36. The van der Waals surface area contributed by atoms with E-state index in [1.54, 1.807) is 16.4 Å². The Morgan fingerprint density at radius 3 is 2.59 bits per heavy atom. The normalized spacial score (nSPS) is 22.7. The van der Waals surface area contributed by atoms with Crippen molar-refractivity contribution >= 4 is 21.6 Å². The number of carbonyl (C=O) groups is 1. The SMILES string of the molecule is O=C1COc2ccc(S(=O)(=O)N3CCN(CC4CCNCC4)CC3)cc2N1. The van der Waals surface area contributed by atoms with Gasteiger partial charge in [0.15, 0.2) is 6.61 Å². The molecule has 0 saturated carbocycles. The van der Waals surface area contributed by atoms with E-state index in [1.165, 1.54) is 18.9 Å². The first-order chi connectivity index (χ1) is 13.0. The van der Waals surface area contributed by atoms with Crippen LogP contribution in [0.4, 0.5) is 5.69 Å². The standard InChI is InChI=1S/C18H26N4O4S/c23-18-13-26-17-2-1-15(11-16(17)20-18)27(24,25)22-9-7-21(8-10-22)12-14-3-5-19-6-4-14/h1-2,11,14,19H,3-10,12-13H2,(H,20,23). The highest BCUT2D eigenvalue weighted by Gasteiger charge is 2.30. The molecule has 0 radical (unpaired) electrons. The fraction of sp³-hybridized carbons (Fsp3) is 0.611. The number of piperidine rings is 1. The van der Waals surface area contributed by atoms with Crippen LogP contribution < -0.4 is 15.4 Å². The minimum atomic E-state index is -3.58. The Bertz CT molecular complexity index is 800. The van der Waals surface area contributed by atoms with E-state index in [0.717, 1.165) is 32.7 Å². The van der Waals surface area contributed by atoms with Crippen molar-refractivity contribution in [3.63, 3.8) is 0 Å². The number of carbonyl (C=O) groups excluding carboxylic acids is 1. The molecule has 0 aliphatic carbocycles. The lowest BCUT2D eigenvalue weighted by atomic mass is 9.97. The van der Waals surface area contributed by atoms with Crippen LogP contribution in [0.1, 0.15) is 12.8 Å². The summed E-state index contributed by atoms with van der Waals surface area (Å²) < 4.78 is 32.8. The van der Waals surface area contributed by atoms with Crippen molar-refractivity contribution < 1.29 is 17.9 Å². The molecule has 2 N–H and O–H groups in total. The maximum atomic E-state index is 13.0. The zero-order valence-corrected chi connectivity index (χ0v) is 16.1. The molecular weight excluding hydrogens is 368 g/mol. The van der Waals surface area contributed by atoms with Gasteiger partial charge >= 0.3 is 0 Å². The van der Waals surface area contributed by atoms with Crippen molar-refractivity contribution in [3.8, 4) is 5.75 Å². The number of nitrogens with zero attached hydrogens (tertiary/aromatic N) is 2. The van der Waals surface area contributed by atoms with Gasteiger partial charge in [-0.25, -0.2) is 8.42 Å². The van der Waals surface area contributed by atoms with Crippen molar-refractivity contribution in [1.29, 1.82) is 0 Å². The van der Waals surface area contributed by atoms with Crippen LogP contribution in [0.3, 0.4) is 0 Å². The van der Waals surface area contributed by atoms with E-state index in [-0.39, 0.29) is 17.4 Å². The van der Waals surface area contributed by atoms with E-state index in [9.17, 15) is 13.2 Å². The number of nitrogens with one attached hydrogen (secondary N) is 2. The summed E-state index contributed by atoms with van der Waals surface area (Å²) in [5.74, 6) is 0.933. The molecule has 2 saturated heterocycles. The molecule has 9 heteroatoms. The number of anilines is 1. The van der Waals surface area contributed by atoms with Crippen LogP contribution in [0.5, 0.6) is 5.75 Å². The van der Waals surface area contributed by atoms with Crippen molar-refractivity contribution in [1.82, 2.24) is 14.5 Å². The van der Waals surface area contributed by atoms with Crippen LogP contribution in [-0.4, -0.2) is 76.0 Å². The monoisotopic (exact) mass is 394 g/mol. The van der Waals surface area contributed by atoms with Gasteiger partial charge in [-0.2, -0.15) is 4.31 Å². The Hall–Kier alpha value is -1.68. The van der Waals surface area contributed by atoms with Gasteiger partial charge < -0.3 is 20.3 Å². The van der Waals surface area contributed by atoms with E-state index in [4.69, 9.17) is 4.74 Å². The second-order valence-electron chi connectivity index (χ2n) is 7.39. The summed E-state index contributed by atoms with van der Waals surface area (Å²) in [5, 5.41) is 6.05. The molecule has 1 aromatic carbocycles. The lowest BCUT2D eigenvalue weighted by Gasteiger charge is -2.36. The molecule has 0 bridgehead atoms. The van der Waals surface area contributed by atoms with Gasteiger partial charge in [0.05, 0.1) is 10.6 Å². The Morgan fingerprint density at radius 1 is 1.11 bits per heavy atom. The van der Waals surface area contributed by atoms with Gasteiger partial charge in [-0.05, 0) is 50.0 Å². The molecule has 4 rings (SSSR count). The fourth-order valence-electron chi connectivity index (χ4n) is 3.95. The lowest BCUT2D eigenvalue weighted by molar-refractivity contribution is -0.118. The lowest BCUT2D eigenvalue weighted by Crippen LogP contribution is -2.50. The third kappa shape index (κ3) is 4.11. The minimum Gasteiger partial charge on any atom is -0.482 e. The van der Waals surface area contributed by atoms with Crippen LogP contribution >= 0.6 is 0 Å². The second kappa shape index (κ2) is 7.75. The largest absolute Gasteiger partial charge is 0.482 e. The van der Waals surface area contributed by atoms with E-state index >= 15 is 0 Å². The molecule has 8 nitrogen and oxygen atoms in total. The Labute approximate surface area is 159 Å².